The van der Waals surface area contributed by atoms with Crippen molar-refractivity contribution in [3.63, 3.8) is 0 Å². The number of carbonyl (C=O) groups excluding carboxylic acids is 3. The number of carbonyl (C=O) groups is 3. The lowest BCUT2D eigenvalue weighted by Gasteiger charge is -2.26. The summed E-state index contributed by atoms with van der Waals surface area (Å²) < 4.78 is 22.6. The van der Waals surface area contributed by atoms with Gasteiger partial charge in [-0.3, -0.25) is 9.59 Å². The van der Waals surface area contributed by atoms with Gasteiger partial charge in [0.2, 0.25) is 0 Å². The Morgan fingerprint density at radius 3 is 1.34 bits per heavy atom. The van der Waals surface area contributed by atoms with Gasteiger partial charge in [-0.1, -0.05) is 184 Å². The fourth-order valence-electron chi connectivity index (χ4n) is 6.99. The summed E-state index contributed by atoms with van der Waals surface area (Å²) in [6, 6.07) is 0. The second-order valence-corrected chi connectivity index (χ2v) is 18.4. The molecule has 2 atom stereocenters. The van der Waals surface area contributed by atoms with Gasteiger partial charge in [-0.05, 0) is 77.0 Å². The van der Waals surface area contributed by atoms with Crippen LogP contribution in [0.1, 0.15) is 213 Å². The summed E-state index contributed by atoms with van der Waals surface area (Å²) in [6.45, 7) is 4.62. The molecule has 0 rings (SSSR count). The predicted molar refractivity (Wildman–Crippen MR) is 265 cm³/mol. The number of likely N-dealkylation sites (N-methyl/N-ethyl adjacent to an activating group) is 1. The molecule has 0 radical (unpaired) electrons. The SMILES string of the molecule is CC/C=C\C/C=C\C/C=C\C/C=C\CCCCCCCCCCC(=O)OC(COC(=O)CCCCCCCCC/C=C\CCCCCCCCC)COC(OCC[N+](C)(C)C)C(=O)[O-]. The monoisotopic (exact) mass is 900 g/mol. The molecule has 0 aliphatic heterocycles. The molecular formula is C55H97NO8. The molecule has 0 aliphatic rings. The summed E-state index contributed by atoms with van der Waals surface area (Å²) >= 11 is 0. The molecule has 2 unspecified atom stereocenters. The van der Waals surface area contributed by atoms with Crippen LogP contribution in [0.25, 0.3) is 0 Å². The predicted octanol–water partition coefficient (Wildman–Crippen LogP) is 13.2. The van der Waals surface area contributed by atoms with Crippen molar-refractivity contribution in [3.8, 4) is 0 Å². The molecule has 0 fully saturated rings. The van der Waals surface area contributed by atoms with Crippen molar-refractivity contribution in [2.45, 2.75) is 225 Å². The highest BCUT2D eigenvalue weighted by molar-refractivity contribution is 5.70. The van der Waals surface area contributed by atoms with Crippen LogP contribution in [0.4, 0.5) is 0 Å². The van der Waals surface area contributed by atoms with E-state index in [4.69, 9.17) is 18.9 Å². The number of hydrogen-bond donors (Lipinski definition) is 0. The number of nitrogens with zero attached hydrogens (tertiary/aromatic N) is 1. The maximum absolute atomic E-state index is 12.8. The number of rotatable bonds is 47. The number of unbranched alkanes of at least 4 members (excludes halogenated alkanes) is 22. The maximum Gasteiger partial charge on any atom is 0.306 e. The summed E-state index contributed by atoms with van der Waals surface area (Å²) in [4.78, 5) is 37.2. The van der Waals surface area contributed by atoms with E-state index in [9.17, 15) is 19.5 Å². The zero-order chi connectivity index (χ0) is 47.0. The van der Waals surface area contributed by atoms with E-state index in [0.29, 0.717) is 17.4 Å². The van der Waals surface area contributed by atoms with Crippen molar-refractivity contribution >= 4 is 17.9 Å². The molecule has 0 spiro atoms. The van der Waals surface area contributed by atoms with Gasteiger partial charge in [0.05, 0.1) is 40.3 Å². The molecule has 0 aliphatic carbocycles. The number of carboxylic acid groups (broad SMARTS) is 1. The van der Waals surface area contributed by atoms with Gasteiger partial charge in [0.1, 0.15) is 13.2 Å². The first kappa shape index (κ1) is 61.0. The lowest BCUT2D eigenvalue weighted by atomic mass is 10.1. The first-order valence-electron chi connectivity index (χ1n) is 25.9. The Balaban J connectivity index is 4.36. The number of quaternary nitrogens is 1. The van der Waals surface area contributed by atoms with Crippen LogP contribution in [-0.4, -0.2) is 82.3 Å². The van der Waals surface area contributed by atoms with Crippen LogP contribution in [0, 0.1) is 0 Å². The molecular weight excluding hydrogens is 803 g/mol. The zero-order valence-electron chi connectivity index (χ0n) is 41.9. The van der Waals surface area contributed by atoms with E-state index < -0.39 is 24.3 Å². The van der Waals surface area contributed by atoms with Crippen LogP contribution in [-0.2, 0) is 33.3 Å². The van der Waals surface area contributed by atoms with Crippen LogP contribution in [0.5, 0.6) is 0 Å². The van der Waals surface area contributed by atoms with Gasteiger partial charge >= 0.3 is 11.9 Å². The van der Waals surface area contributed by atoms with Crippen LogP contribution in [0.3, 0.4) is 0 Å². The minimum Gasteiger partial charge on any atom is -0.545 e. The molecule has 0 aromatic heterocycles. The van der Waals surface area contributed by atoms with Gasteiger partial charge in [0.25, 0.3) is 0 Å². The lowest BCUT2D eigenvalue weighted by Crippen LogP contribution is -2.44. The van der Waals surface area contributed by atoms with E-state index >= 15 is 0 Å². The Kier molecular flexibility index (Phi) is 44.3. The molecule has 0 aromatic carbocycles. The number of allylic oxidation sites excluding steroid dienone is 10. The lowest BCUT2D eigenvalue weighted by molar-refractivity contribution is -0.870. The minimum atomic E-state index is -1.63. The molecule has 9 nitrogen and oxygen atoms in total. The molecule has 0 N–H and O–H groups in total. The fourth-order valence-corrected chi connectivity index (χ4v) is 6.99. The Bertz CT molecular complexity index is 1230. The smallest absolute Gasteiger partial charge is 0.306 e. The standard InChI is InChI=1S/C55H97NO8/c1-6-8-10-12-14-16-18-20-22-24-26-27-28-30-32-34-36-38-40-42-44-46-53(58)64-51(50-63-55(54(59)60)61-48-47-56(3,4)5)49-62-52(57)45-43-41-39-37-35-33-31-29-25-23-21-19-17-15-13-11-9-7-2/h8,10,14,16,20,22-23,25-27,51,55H,6-7,9,11-13,15,17-19,21,24,28-50H2,1-5H3/b10-8-,16-14-,22-20-,25-23-,27-26-. The molecule has 0 saturated carbocycles. The molecule has 0 amide bonds. The average molecular weight is 900 g/mol. The second-order valence-electron chi connectivity index (χ2n) is 18.4. The van der Waals surface area contributed by atoms with Crippen molar-refractivity contribution in [1.29, 1.82) is 0 Å². The fraction of sp³-hybridized carbons (Fsp3) is 0.764. The third-order valence-electron chi connectivity index (χ3n) is 11.0. The van der Waals surface area contributed by atoms with Gasteiger partial charge in [0, 0.05) is 12.8 Å². The van der Waals surface area contributed by atoms with Crippen LogP contribution >= 0.6 is 0 Å². The Labute approximate surface area is 393 Å². The van der Waals surface area contributed by atoms with Crippen molar-refractivity contribution in [1.82, 2.24) is 0 Å². The van der Waals surface area contributed by atoms with Gasteiger partial charge in [-0.25, -0.2) is 0 Å². The van der Waals surface area contributed by atoms with E-state index in [1.807, 2.05) is 21.1 Å². The summed E-state index contributed by atoms with van der Waals surface area (Å²) in [6.07, 6.45) is 53.9. The van der Waals surface area contributed by atoms with Crippen LogP contribution in [0.15, 0.2) is 60.8 Å². The van der Waals surface area contributed by atoms with Gasteiger partial charge in [0.15, 0.2) is 12.4 Å². The number of aliphatic carboxylic acids is 1. The quantitative estimate of drug-likeness (QED) is 0.0195. The third-order valence-corrected chi connectivity index (χ3v) is 11.0. The van der Waals surface area contributed by atoms with E-state index in [2.05, 4.69) is 74.6 Å². The molecule has 64 heavy (non-hydrogen) atoms. The number of esters is 2. The molecule has 0 saturated heterocycles. The molecule has 0 aromatic rings. The van der Waals surface area contributed by atoms with E-state index in [-0.39, 0.29) is 38.6 Å². The maximum atomic E-state index is 12.8. The Hall–Kier alpha value is -3.01. The Morgan fingerprint density at radius 2 is 0.891 bits per heavy atom. The summed E-state index contributed by atoms with van der Waals surface area (Å²) in [5, 5.41) is 11.7. The van der Waals surface area contributed by atoms with Crippen LogP contribution in [0.2, 0.25) is 0 Å². The molecule has 0 bridgehead atoms. The summed E-state index contributed by atoms with van der Waals surface area (Å²) in [5.74, 6) is -2.30. The van der Waals surface area contributed by atoms with Crippen LogP contribution < -0.4 is 5.11 Å². The highest BCUT2D eigenvalue weighted by Gasteiger charge is 2.22. The van der Waals surface area contributed by atoms with Crippen molar-refractivity contribution in [3.05, 3.63) is 60.8 Å². The first-order chi connectivity index (χ1) is 31.1. The van der Waals surface area contributed by atoms with Crippen molar-refractivity contribution in [2.24, 2.45) is 0 Å². The highest BCUT2D eigenvalue weighted by Crippen LogP contribution is 2.14. The average Bonchev–Trinajstić information content (AvgIpc) is 3.26. The van der Waals surface area contributed by atoms with Crippen molar-refractivity contribution < 1.29 is 42.9 Å². The topological polar surface area (TPSA) is 111 Å². The van der Waals surface area contributed by atoms with E-state index in [1.54, 1.807) is 0 Å². The summed E-state index contributed by atoms with van der Waals surface area (Å²) in [7, 11) is 5.91. The van der Waals surface area contributed by atoms with Gasteiger partial charge in [-0.15, -0.1) is 0 Å². The molecule has 0 heterocycles. The van der Waals surface area contributed by atoms with Crippen molar-refractivity contribution in [2.75, 3.05) is 47.5 Å². The second kappa shape index (κ2) is 46.5. The first-order valence-corrected chi connectivity index (χ1v) is 25.9. The van der Waals surface area contributed by atoms with Gasteiger partial charge in [-0.2, -0.15) is 0 Å². The number of carboxylic acids is 1. The normalized spacial score (nSPS) is 13.3. The number of ether oxygens (including phenoxy) is 4. The zero-order valence-corrected chi connectivity index (χ0v) is 41.9. The largest absolute Gasteiger partial charge is 0.545 e. The van der Waals surface area contributed by atoms with Gasteiger partial charge < -0.3 is 33.3 Å². The minimum absolute atomic E-state index is 0.143. The molecule has 9 heteroatoms. The highest BCUT2D eigenvalue weighted by atomic mass is 16.7. The Morgan fingerprint density at radius 1 is 0.484 bits per heavy atom. The number of hydrogen-bond acceptors (Lipinski definition) is 8. The van der Waals surface area contributed by atoms with E-state index in [1.165, 1.54) is 96.3 Å². The molecule has 370 valence electrons. The summed E-state index contributed by atoms with van der Waals surface area (Å²) in [5.41, 5.74) is 0. The van der Waals surface area contributed by atoms with E-state index in [0.717, 1.165) is 83.5 Å². The third kappa shape index (κ3) is 47.0.